The van der Waals surface area contributed by atoms with E-state index >= 15 is 0 Å². The first-order chi connectivity index (χ1) is 7.31. The Balaban J connectivity index is 2.35. The van der Waals surface area contributed by atoms with E-state index in [2.05, 4.69) is 0 Å². The Labute approximate surface area is 99.1 Å². The molecule has 82 valence electrons. The molecule has 0 bridgehead atoms. The van der Waals surface area contributed by atoms with Gasteiger partial charge in [0.05, 0.1) is 18.2 Å². The molecule has 0 radical (unpaired) electrons. The third kappa shape index (κ3) is 2.50. The summed E-state index contributed by atoms with van der Waals surface area (Å²) in [5.74, 6) is 1.98. The molecule has 15 heavy (non-hydrogen) atoms. The monoisotopic (exact) mass is 246 g/mol. The Morgan fingerprint density at radius 1 is 1.20 bits per heavy atom. The largest absolute Gasteiger partial charge is 0.489 e. The molecule has 0 amide bonds. The molecule has 1 aliphatic rings. The number of hydrogen-bond donors (Lipinski definition) is 0. The van der Waals surface area contributed by atoms with E-state index in [-0.39, 0.29) is 0 Å². The van der Waals surface area contributed by atoms with Gasteiger partial charge in [-0.3, -0.25) is 0 Å². The summed E-state index contributed by atoms with van der Waals surface area (Å²) in [6.45, 7) is 1.33. The van der Waals surface area contributed by atoms with E-state index in [1.165, 1.54) is 0 Å². The first kappa shape index (κ1) is 10.9. The minimum Gasteiger partial charge on any atom is -0.489 e. The highest BCUT2D eigenvalue weighted by Crippen LogP contribution is 2.38. The number of rotatable bonds is 2. The van der Waals surface area contributed by atoms with E-state index in [9.17, 15) is 0 Å². The standard InChI is InChI=1S/C11H12Cl2O2/c12-3-2-8-6-9(13)11-10(7-8)14-4-1-5-15-11/h6-7H,1-5H2. The number of benzene rings is 1. The lowest BCUT2D eigenvalue weighted by atomic mass is 10.1. The van der Waals surface area contributed by atoms with Gasteiger partial charge in [0.1, 0.15) is 0 Å². The fourth-order valence-corrected chi connectivity index (χ4v) is 2.04. The number of alkyl halides is 1. The van der Waals surface area contributed by atoms with Crippen molar-refractivity contribution in [3.05, 3.63) is 22.7 Å². The molecule has 0 N–H and O–H groups in total. The molecular weight excluding hydrogens is 235 g/mol. The lowest BCUT2D eigenvalue weighted by molar-refractivity contribution is 0.297. The first-order valence-electron chi connectivity index (χ1n) is 4.95. The second kappa shape index (κ2) is 4.95. The number of ether oxygens (including phenoxy) is 2. The van der Waals surface area contributed by atoms with Gasteiger partial charge in [-0.05, 0) is 24.1 Å². The van der Waals surface area contributed by atoms with Gasteiger partial charge in [0.25, 0.3) is 0 Å². The van der Waals surface area contributed by atoms with Gasteiger partial charge >= 0.3 is 0 Å². The molecule has 1 aromatic rings. The Morgan fingerprint density at radius 2 is 2.00 bits per heavy atom. The van der Waals surface area contributed by atoms with Crippen LogP contribution in [0.5, 0.6) is 11.5 Å². The molecule has 4 heteroatoms. The normalized spacial score (nSPS) is 14.8. The molecule has 0 spiro atoms. The summed E-state index contributed by atoms with van der Waals surface area (Å²) in [4.78, 5) is 0. The number of fused-ring (bicyclic) bond motifs is 1. The van der Waals surface area contributed by atoms with Crippen LogP contribution in [0.4, 0.5) is 0 Å². The van der Waals surface area contributed by atoms with Gasteiger partial charge in [0.2, 0.25) is 0 Å². The molecule has 1 heterocycles. The lowest BCUT2D eigenvalue weighted by Crippen LogP contribution is -1.97. The SMILES string of the molecule is ClCCc1cc(Cl)c2c(c1)OCCCO2. The Bertz CT molecular complexity index is 353. The van der Waals surface area contributed by atoms with Crippen LogP contribution in [-0.2, 0) is 6.42 Å². The average molecular weight is 247 g/mol. The first-order valence-corrected chi connectivity index (χ1v) is 5.86. The summed E-state index contributed by atoms with van der Waals surface area (Å²) in [6, 6.07) is 3.84. The predicted molar refractivity (Wildman–Crippen MR) is 61.5 cm³/mol. The van der Waals surface area contributed by atoms with Gasteiger partial charge in [-0.25, -0.2) is 0 Å². The molecule has 1 aliphatic heterocycles. The molecule has 1 aromatic carbocycles. The summed E-state index contributed by atoms with van der Waals surface area (Å²) in [7, 11) is 0. The predicted octanol–water partition coefficient (Wildman–Crippen LogP) is 3.28. The van der Waals surface area contributed by atoms with Crippen LogP contribution in [0.25, 0.3) is 0 Å². The van der Waals surface area contributed by atoms with E-state index in [1.54, 1.807) is 0 Å². The van der Waals surface area contributed by atoms with Gasteiger partial charge in [-0.1, -0.05) is 11.6 Å². The highest BCUT2D eigenvalue weighted by molar-refractivity contribution is 6.32. The summed E-state index contributed by atoms with van der Waals surface area (Å²) in [6.07, 6.45) is 1.67. The molecular formula is C11H12Cl2O2. The van der Waals surface area contributed by atoms with Crippen molar-refractivity contribution >= 4 is 23.2 Å². The number of hydrogen-bond acceptors (Lipinski definition) is 2. The van der Waals surface area contributed by atoms with Crippen molar-refractivity contribution in [1.29, 1.82) is 0 Å². The maximum atomic E-state index is 6.11. The van der Waals surface area contributed by atoms with E-state index < -0.39 is 0 Å². The molecule has 0 fully saturated rings. The molecule has 0 unspecified atom stereocenters. The second-order valence-corrected chi connectivity index (χ2v) is 4.18. The van der Waals surface area contributed by atoms with Crippen LogP contribution in [0.15, 0.2) is 12.1 Å². The minimum atomic E-state index is 0.579. The van der Waals surface area contributed by atoms with Gasteiger partial charge in [-0.2, -0.15) is 0 Å². The van der Waals surface area contributed by atoms with Gasteiger partial charge in [0.15, 0.2) is 11.5 Å². The molecule has 0 saturated heterocycles. The van der Waals surface area contributed by atoms with Crippen molar-refractivity contribution in [2.45, 2.75) is 12.8 Å². The van der Waals surface area contributed by atoms with Crippen LogP contribution in [-0.4, -0.2) is 19.1 Å². The summed E-state index contributed by atoms with van der Waals surface area (Å²) in [5.41, 5.74) is 1.08. The van der Waals surface area contributed by atoms with Gasteiger partial charge < -0.3 is 9.47 Å². The molecule has 0 aliphatic carbocycles. The van der Waals surface area contributed by atoms with Gasteiger partial charge in [0, 0.05) is 12.3 Å². The number of aryl methyl sites for hydroxylation is 1. The zero-order valence-electron chi connectivity index (χ0n) is 8.26. The molecule has 0 aromatic heterocycles. The highest BCUT2D eigenvalue weighted by atomic mass is 35.5. The van der Waals surface area contributed by atoms with Crippen molar-refractivity contribution in [3.63, 3.8) is 0 Å². The second-order valence-electron chi connectivity index (χ2n) is 3.39. The fraction of sp³-hybridized carbons (Fsp3) is 0.455. The zero-order valence-corrected chi connectivity index (χ0v) is 9.77. The van der Waals surface area contributed by atoms with E-state index in [0.717, 1.165) is 24.2 Å². The summed E-state index contributed by atoms with van der Waals surface area (Å²) in [5, 5.41) is 0.606. The van der Waals surface area contributed by atoms with Crippen molar-refractivity contribution < 1.29 is 9.47 Å². The Hall–Kier alpha value is -0.600. The molecule has 2 rings (SSSR count). The van der Waals surface area contributed by atoms with Gasteiger partial charge in [-0.15, -0.1) is 11.6 Å². The topological polar surface area (TPSA) is 18.5 Å². The van der Waals surface area contributed by atoms with E-state index in [4.69, 9.17) is 32.7 Å². The van der Waals surface area contributed by atoms with Crippen molar-refractivity contribution in [3.8, 4) is 11.5 Å². The van der Waals surface area contributed by atoms with Crippen LogP contribution >= 0.6 is 23.2 Å². The Kier molecular flexibility index (Phi) is 3.60. The van der Waals surface area contributed by atoms with E-state index in [0.29, 0.717) is 29.9 Å². The summed E-state index contributed by atoms with van der Waals surface area (Å²) < 4.78 is 11.1. The average Bonchev–Trinajstić information content (AvgIpc) is 2.43. The maximum Gasteiger partial charge on any atom is 0.179 e. The lowest BCUT2D eigenvalue weighted by Gasteiger charge is -2.10. The fourth-order valence-electron chi connectivity index (χ4n) is 1.54. The van der Waals surface area contributed by atoms with E-state index in [1.807, 2.05) is 12.1 Å². The van der Waals surface area contributed by atoms with Crippen molar-refractivity contribution in [2.75, 3.05) is 19.1 Å². The van der Waals surface area contributed by atoms with Crippen molar-refractivity contribution in [1.82, 2.24) is 0 Å². The smallest absolute Gasteiger partial charge is 0.179 e. The van der Waals surface area contributed by atoms with Crippen LogP contribution in [0.3, 0.4) is 0 Å². The zero-order chi connectivity index (χ0) is 10.7. The maximum absolute atomic E-state index is 6.11. The Morgan fingerprint density at radius 3 is 2.80 bits per heavy atom. The third-order valence-corrected chi connectivity index (χ3v) is 2.71. The molecule has 0 atom stereocenters. The van der Waals surface area contributed by atoms with Crippen LogP contribution in [0.2, 0.25) is 5.02 Å². The minimum absolute atomic E-state index is 0.579. The molecule has 0 saturated carbocycles. The van der Waals surface area contributed by atoms with Crippen molar-refractivity contribution in [2.24, 2.45) is 0 Å². The quantitative estimate of drug-likeness (QED) is 0.746. The van der Waals surface area contributed by atoms with Crippen LogP contribution in [0.1, 0.15) is 12.0 Å². The third-order valence-electron chi connectivity index (χ3n) is 2.25. The highest BCUT2D eigenvalue weighted by Gasteiger charge is 2.15. The van der Waals surface area contributed by atoms with Crippen LogP contribution in [0, 0.1) is 0 Å². The summed E-state index contributed by atoms with van der Waals surface area (Å²) >= 11 is 11.8. The van der Waals surface area contributed by atoms with Crippen LogP contribution < -0.4 is 9.47 Å². The number of halogens is 2. The molecule has 2 nitrogen and oxygen atoms in total.